The summed E-state index contributed by atoms with van der Waals surface area (Å²) >= 11 is 7.13. The number of halogens is 4. The molecule has 4 nitrogen and oxygen atoms in total. The van der Waals surface area contributed by atoms with Crippen LogP contribution >= 0.6 is 23.4 Å². The summed E-state index contributed by atoms with van der Waals surface area (Å²) in [6.45, 7) is 0. The molecule has 2 N–H and O–H groups in total. The number of benzene rings is 2. The van der Waals surface area contributed by atoms with Gasteiger partial charge in [-0.05, 0) is 48.5 Å². The Morgan fingerprint density at radius 2 is 1.72 bits per heavy atom. The molecule has 9 heteroatoms. The van der Waals surface area contributed by atoms with Gasteiger partial charge in [0.15, 0.2) is 0 Å². The van der Waals surface area contributed by atoms with E-state index in [9.17, 15) is 18.0 Å². The molecule has 0 amide bonds. The van der Waals surface area contributed by atoms with Crippen LogP contribution in [0.2, 0.25) is 5.02 Å². The van der Waals surface area contributed by atoms with Crippen LogP contribution in [0, 0.1) is 0 Å². The minimum absolute atomic E-state index is 0.0558. The van der Waals surface area contributed by atoms with E-state index in [1.165, 1.54) is 11.8 Å². The second kappa shape index (κ2) is 8.26. The number of thioether (sulfide) groups is 1. The van der Waals surface area contributed by atoms with Crippen LogP contribution in [0.4, 0.5) is 13.2 Å². The number of hydrogen-bond donors (Lipinski definition) is 1. The second-order valence-corrected chi connectivity index (χ2v) is 6.26. The molecule has 0 saturated heterocycles. The zero-order valence-electron chi connectivity index (χ0n) is 12.6. The molecular weight excluding hydrogens is 377 g/mol. The fraction of sp³-hybridized carbons (Fsp3) is 0.125. The minimum Gasteiger partial charge on any atom is -0.384 e. The highest BCUT2D eigenvalue weighted by molar-refractivity contribution is 8.00. The van der Waals surface area contributed by atoms with Crippen molar-refractivity contribution in [2.75, 3.05) is 5.75 Å². The highest BCUT2D eigenvalue weighted by Crippen LogP contribution is 2.29. The van der Waals surface area contributed by atoms with Crippen molar-refractivity contribution in [3.63, 3.8) is 0 Å². The maximum atomic E-state index is 12.5. The van der Waals surface area contributed by atoms with Crippen molar-refractivity contribution < 1.29 is 22.8 Å². The Kier molecular flexibility index (Phi) is 6.33. The molecule has 0 aliphatic rings. The van der Waals surface area contributed by atoms with E-state index >= 15 is 0 Å². The van der Waals surface area contributed by atoms with Gasteiger partial charge in [-0.3, -0.25) is 0 Å². The second-order valence-electron chi connectivity index (χ2n) is 4.78. The summed E-state index contributed by atoms with van der Waals surface area (Å²) in [5.74, 6) is -0.574. The fourth-order valence-electron chi connectivity index (χ4n) is 1.66. The van der Waals surface area contributed by atoms with Gasteiger partial charge in [0, 0.05) is 9.92 Å². The van der Waals surface area contributed by atoms with Crippen molar-refractivity contribution in [1.29, 1.82) is 0 Å². The summed E-state index contributed by atoms with van der Waals surface area (Å²) in [5, 5.41) is 4.09. The molecule has 2 aromatic carbocycles. The molecule has 0 fully saturated rings. The molecule has 132 valence electrons. The molecule has 0 heterocycles. The van der Waals surface area contributed by atoms with Gasteiger partial charge >= 0.3 is 12.1 Å². The highest BCUT2D eigenvalue weighted by Gasteiger charge is 2.30. The van der Waals surface area contributed by atoms with Crippen LogP contribution in [0.15, 0.2) is 58.6 Å². The van der Waals surface area contributed by atoms with Crippen LogP contribution in [-0.2, 0) is 11.0 Å². The Labute approximate surface area is 150 Å². The van der Waals surface area contributed by atoms with Gasteiger partial charge in [0.25, 0.3) is 0 Å². The molecular formula is C16H12ClF3N2O2S. The van der Waals surface area contributed by atoms with Crippen molar-refractivity contribution >= 4 is 35.2 Å². The first-order chi connectivity index (χ1) is 11.8. The van der Waals surface area contributed by atoms with Crippen molar-refractivity contribution in [3.05, 3.63) is 64.7 Å². The molecule has 0 aliphatic carbocycles. The van der Waals surface area contributed by atoms with E-state index in [0.29, 0.717) is 5.02 Å². The lowest BCUT2D eigenvalue weighted by molar-refractivity contribution is -0.137. The van der Waals surface area contributed by atoms with Gasteiger partial charge in [0.05, 0.1) is 16.9 Å². The zero-order chi connectivity index (χ0) is 18.4. The first-order valence-electron chi connectivity index (χ1n) is 6.85. The van der Waals surface area contributed by atoms with Crippen LogP contribution in [0.3, 0.4) is 0 Å². The van der Waals surface area contributed by atoms with Gasteiger partial charge in [-0.1, -0.05) is 16.8 Å². The Morgan fingerprint density at radius 3 is 2.28 bits per heavy atom. The van der Waals surface area contributed by atoms with Crippen LogP contribution in [0.25, 0.3) is 0 Å². The smallest absolute Gasteiger partial charge is 0.384 e. The Hall–Kier alpha value is -2.19. The lowest BCUT2D eigenvalue weighted by Crippen LogP contribution is -2.16. The Morgan fingerprint density at radius 1 is 1.12 bits per heavy atom. The number of oxime groups is 1. The van der Waals surface area contributed by atoms with Gasteiger partial charge in [0.2, 0.25) is 0 Å². The number of hydrogen-bond acceptors (Lipinski definition) is 4. The largest absolute Gasteiger partial charge is 0.416 e. The van der Waals surface area contributed by atoms with E-state index in [0.717, 1.165) is 29.2 Å². The monoisotopic (exact) mass is 388 g/mol. The Bertz CT molecular complexity index is 762. The highest BCUT2D eigenvalue weighted by atomic mass is 35.5. The molecule has 2 rings (SSSR count). The van der Waals surface area contributed by atoms with Crippen molar-refractivity contribution in [2.45, 2.75) is 11.1 Å². The third-order valence-corrected chi connectivity index (χ3v) is 4.19. The lowest BCUT2D eigenvalue weighted by Gasteiger charge is -2.06. The molecule has 0 atom stereocenters. The fourth-order valence-corrected chi connectivity index (χ4v) is 2.48. The van der Waals surface area contributed by atoms with Gasteiger partial charge in [-0.25, -0.2) is 4.79 Å². The summed E-state index contributed by atoms with van der Waals surface area (Å²) in [6.07, 6.45) is -4.47. The number of nitrogens with zero attached hydrogens (tertiary/aromatic N) is 1. The number of carbonyl (C=O) groups is 1. The quantitative estimate of drug-likeness (QED) is 0.268. The third kappa shape index (κ3) is 5.99. The van der Waals surface area contributed by atoms with Gasteiger partial charge in [-0.2, -0.15) is 13.2 Å². The van der Waals surface area contributed by atoms with Gasteiger partial charge in [-0.15, -0.1) is 11.8 Å². The molecule has 0 bridgehead atoms. The molecule has 0 saturated carbocycles. The summed E-state index contributed by atoms with van der Waals surface area (Å²) < 4.78 is 37.4. The van der Waals surface area contributed by atoms with Crippen molar-refractivity contribution in [1.82, 2.24) is 0 Å². The minimum atomic E-state index is -4.47. The summed E-state index contributed by atoms with van der Waals surface area (Å²) in [7, 11) is 0. The molecule has 0 radical (unpaired) electrons. The van der Waals surface area contributed by atoms with Gasteiger partial charge in [0.1, 0.15) is 5.84 Å². The molecule has 0 aromatic heterocycles. The van der Waals surface area contributed by atoms with Crippen molar-refractivity contribution in [3.8, 4) is 0 Å². The first kappa shape index (κ1) is 19.1. The van der Waals surface area contributed by atoms with Crippen LogP contribution < -0.4 is 5.73 Å². The summed E-state index contributed by atoms with van der Waals surface area (Å²) in [5.41, 5.74) is 4.72. The van der Waals surface area contributed by atoms with E-state index in [4.69, 9.17) is 17.3 Å². The van der Waals surface area contributed by atoms with E-state index < -0.39 is 17.7 Å². The van der Waals surface area contributed by atoms with Crippen molar-refractivity contribution in [2.24, 2.45) is 10.9 Å². The van der Waals surface area contributed by atoms with Crippen LogP contribution in [-0.4, -0.2) is 17.6 Å². The van der Waals surface area contributed by atoms with Gasteiger partial charge < -0.3 is 10.6 Å². The molecule has 0 spiro atoms. The SMILES string of the molecule is N/C(CSc1ccc(Cl)cc1)=N/OC(=O)c1ccc(C(F)(F)F)cc1. The average Bonchev–Trinajstić information content (AvgIpc) is 2.58. The number of rotatable bonds is 5. The maximum Gasteiger partial charge on any atom is 0.416 e. The summed E-state index contributed by atoms with van der Waals surface area (Å²) in [6, 6.07) is 10.7. The maximum absolute atomic E-state index is 12.5. The lowest BCUT2D eigenvalue weighted by atomic mass is 10.1. The first-order valence-corrected chi connectivity index (χ1v) is 8.21. The summed E-state index contributed by atoms with van der Waals surface area (Å²) in [4.78, 5) is 17.3. The number of alkyl halides is 3. The predicted molar refractivity (Wildman–Crippen MR) is 90.7 cm³/mol. The van der Waals surface area contributed by atoms with Crippen LogP contribution in [0.5, 0.6) is 0 Å². The average molecular weight is 389 g/mol. The molecule has 25 heavy (non-hydrogen) atoms. The number of carbonyl (C=O) groups excluding carboxylic acids is 1. The Balaban J connectivity index is 1.89. The van der Waals surface area contributed by atoms with E-state index in [1.807, 2.05) is 0 Å². The topological polar surface area (TPSA) is 64.7 Å². The number of amidine groups is 1. The van der Waals surface area contributed by atoms with Crippen LogP contribution in [0.1, 0.15) is 15.9 Å². The molecule has 2 aromatic rings. The zero-order valence-corrected chi connectivity index (χ0v) is 14.2. The standard InChI is InChI=1S/C16H12ClF3N2O2S/c17-12-5-7-13(8-6-12)25-9-14(21)22-24-15(23)10-1-3-11(4-2-10)16(18,19)20/h1-8H,9H2,(H2,21,22). The number of nitrogens with two attached hydrogens (primary N) is 1. The predicted octanol–water partition coefficient (Wildman–Crippen LogP) is 4.58. The molecule has 0 unspecified atom stereocenters. The third-order valence-electron chi connectivity index (χ3n) is 2.89. The molecule has 0 aliphatic heterocycles. The van der Waals surface area contributed by atoms with E-state index in [1.54, 1.807) is 24.3 Å². The normalized spacial score (nSPS) is 12.1. The van der Waals surface area contributed by atoms with E-state index in [-0.39, 0.29) is 17.2 Å². The van der Waals surface area contributed by atoms with E-state index in [2.05, 4.69) is 9.99 Å².